The van der Waals surface area contributed by atoms with Gasteiger partial charge in [0.25, 0.3) is 0 Å². The van der Waals surface area contributed by atoms with E-state index in [4.69, 9.17) is 4.52 Å². The van der Waals surface area contributed by atoms with Gasteiger partial charge in [0.15, 0.2) is 0 Å². The van der Waals surface area contributed by atoms with Crippen molar-refractivity contribution in [1.29, 1.82) is 0 Å². The highest BCUT2D eigenvalue weighted by Gasteiger charge is 2.26. The first-order valence-corrected chi connectivity index (χ1v) is 7.83. The van der Waals surface area contributed by atoms with Crippen molar-refractivity contribution < 1.29 is 4.52 Å². The van der Waals surface area contributed by atoms with Crippen LogP contribution >= 0.6 is 0 Å². The third-order valence-electron chi connectivity index (χ3n) is 4.14. The second-order valence-corrected chi connectivity index (χ2v) is 5.81. The third-order valence-corrected chi connectivity index (χ3v) is 4.14. The molecule has 0 amide bonds. The molecular weight excluding hydrogens is 292 g/mol. The van der Waals surface area contributed by atoms with Crippen LogP contribution in [0.3, 0.4) is 0 Å². The summed E-state index contributed by atoms with van der Waals surface area (Å²) in [6, 6.07) is 3.81. The molecule has 7 heteroatoms. The van der Waals surface area contributed by atoms with E-state index in [9.17, 15) is 0 Å². The molecule has 3 aromatic heterocycles. The van der Waals surface area contributed by atoms with Crippen LogP contribution in [-0.4, -0.2) is 43.1 Å². The van der Waals surface area contributed by atoms with E-state index in [0.717, 1.165) is 43.9 Å². The van der Waals surface area contributed by atoms with Gasteiger partial charge in [-0.25, -0.2) is 4.98 Å². The van der Waals surface area contributed by atoms with Crippen molar-refractivity contribution in [1.82, 2.24) is 30.0 Å². The zero-order valence-electron chi connectivity index (χ0n) is 12.7. The van der Waals surface area contributed by atoms with Gasteiger partial charge in [-0.1, -0.05) is 5.16 Å². The van der Waals surface area contributed by atoms with Crippen LogP contribution in [0.5, 0.6) is 0 Å². The Hall–Kier alpha value is -2.54. The number of piperidine rings is 1. The van der Waals surface area contributed by atoms with Gasteiger partial charge in [0.2, 0.25) is 11.7 Å². The van der Waals surface area contributed by atoms with E-state index < -0.39 is 0 Å². The first kappa shape index (κ1) is 14.1. The third kappa shape index (κ3) is 3.14. The normalized spacial score (nSPS) is 19.0. The fourth-order valence-electron chi connectivity index (χ4n) is 3.01. The zero-order valence-corrected chi connectivity index (χ0v) is 12.7. The van der Waals surface area contributed by atoms with Crippen LogP contribution in [0.4, 0.5) is 0 Å². The van der Waals surface area contributed by atoms with E-state index in [1.54, 1.807) is 18.6 Å². The van der Waals surface area contributed by atoms with Crippen molar-refractivity contribution in [2.24, 2.45) is 0 Å². The summed E-state index contributed by atoms with van der Waals surface area (Å²) in [6.07, 6.45) is 9.32. The van der Waals surface area contributed by atoms with Gasteiger partial charge in [0.05, 0.1) is 12.5 Å². The topological polar surface area (TPSA) is 83.7 Å². The molecule has 0 bridgehead atoms. The van der Waals surface area contributed by atoms with Gasteiger partial charge < -0.3 is 9.51 Å². The highest BCUT2D eigenvalue weighted by Crippen LogP contribution is 2.27. The van der Waals surface area contributed by atoms with Crippen LogP contribution in [0.25, 0.3) is 11.4 Å². The molecular formula is C16H18N6O. The summed E-state index contributed by atoms with van der Waals surface area (Å²) >= 11 is 0. The van der Waals surface area contributed by atoms with Crippen LogP contribution in [0.2, 0.25) is 0 Å². The molecule has 0 aliphatic carbocycles. The van der Waals surface area contributed by atoms with Gasteiger partial charge in [-0.2, -0.15) is 4.98 Å². The van der Waals surface area contributed by atoms with E-state index >= 15 is 0 Å². The molecule has 118 valence electrons. The summed E-state index contributed by atoms with van der Waals surface area (Å²) in [7, 11) is 0. The SMILES string of the molecule is c1cncc(-c2noc(C3CCCN(Cc4ncc[nH]4)C3)n2)c1. The van der Waals surface area contributed by atoms with Gasteiger partial charge >= 0.3 is 0 Å². The Kier molecular flexibility index (Phi) is 3.85. The number of pyridine rings is 1. The van der Waals surface area contributed by atoms with E-state index in [-0.39, 0.29) is 5.92 Å². The molecule has 0 saturated carbocycles. The smallest absolute Gasteiger partial charge is 0.231 e. The standard InChI is InChI=1S/C16H18N6O/c1-3-12(9-17-5-1)15-20-16(23-21-15)13-4-2-8-22(10-13)11-14-18-6-7-19-14/h1,3,5-7,9,13H,2,4,8,10-11H2,(H,18,19). The quantitative estimate of drug-likeness (QED) is 0.795. The lowest BCUT2D eigenvalue weighted by Gasteiger charge is -2.30. The summed E-state index contributed by atoms with van der Waals surface area (Å²) < 4.78 is 5.50. The molecule has 1 aliphatic rings. The number of hydrogen-bond acceptors (Lipinski definition) is 6. The first-order chi connectivity index (χ1) is 11.4. The maximum absolute atomic E-state index is 5.50. The van der Waals surface area contributed by atoms with E-state index in [1.165, 1.54) is 0 Å². The molecule has 7 nitrogen and oxygen atoms in total. The number of rotatable bonds is 4. The van der Waals surface area contributed by atoms with E-state index in [0.29, 0.717) is 11.7 Å². The molecule has 1 unspecified atom stereocenters. The fraction of sp³-hybridized carbons (Fsp3) is 0.375. The number of hydrogen-bond donors (Lipinski definition) is 1. The van der Waals surface area contributed by atoms with Crippen molar-refractivity contribution in [3.8, 4) is 11.4 Å². The Bertz CT molecular complexity index is 739. The molecule has 4 heterocycles. The molecule has 4 rings (SSSR count). The molecule has 23 heavy (non-hydrogen) atoms. The highest BCUT2D eigenvalue weighted by atomic mass is 16.5. The van der Waals surface area contributed by atoms with Crippen molar-refractivity contribution in [3.63, 3.8) is 0 Å². The highest BCUT2D eigenvalue weighted by molar-refractivity contribution is 5.51. The monoisotopic (exact) mass is 310 g/mol. The van der Waals surface area contributed by atoms with Crippen LogP contribution < -0.4 is 0 Å². The van der Waals surface area contributed by atoms with Gasteiger partial charge in [-0.05, 0) is 31.5 Å². The van der Waals surface area contributed by atoms with Gasteiger partial charge in [-0.3, -0.25) is 9.88 Å². The van der Waals surface area contributed by atoms with Crippen molar-refractivity contribution in [2.75, 3.05) is 13.1 Å². The molecule has 1 saturated heterocycles. The Balaban J connectivity index is 1.46. The van der Waals surface area contributed by atoms with Crippen LogP contribution in [0, 0.1) is 0 Å². The van der Waals surface area contributed by atoms with Gasteiger partial charge in [-0.15, -0.1) is 0 Å². The number of likely N-dealkylation sites (tertiary alicyclic amines) is 1. The number of imidazole rings is 1. The maximum Gasteiger partial charge on any atom is 0.231 e. The largest absolute Gasteiger partial charge is 0.348 e. The molecule has 1 aliphatic heterocycles. The summed E-state index contributed by atoms with van der Waals surface area (Å²) in [5, 5.41) is 4.10. The lowest BCUT2D eigenvalue weighted by atomic mass is 9.98. The Morgan fingerprint density at radius 2 is 2.35 bits per heavy atom. The predicted octanol–water partition coefficient (Wildman–Crippen LogP) is 2.23. The van der Waals surface area contributed by atoms with E-state index in [2.05, 4.69) is 30.0 Å². The van der Waals surface area contributed by atoms with Crippen LogP contribution in [0.15, 0.2) is 41.4 Å². The molecule has 1 atom stereocenters. The van der Waals surface area contributed by atoms with Crippen LogP contribution in [-0.2, 0) is 6.54 Å². The molecule has 0 aromatic carbocycles. The lowest BCUT2D eigenvalue weighted by Crippen LogP contribution is -2.34. The number of nitrogens with one attached hydrogen (secondary N) is 1. The summed E-state index contributed by atoms with van der Waals surface area (Å²) in [5.41, 5.74) is 0.880. The molecule has 1 N–H and O–H groups in total. The number of aromatic nitrogens is 5. The minimum absolute atomic E-state index is 0.275. The fourth-order valence-corrected chi connectivity index (χ4v) is 3.01. The average Bonchev–Trinajstić information content (AvgIpc) is 3.28. The average molecular weight is 310 g/mol. The Morgan fingerprint density at radius 3 is 3.17 bits per heavy atom. The zero-order chi connectivity index (χ0) is 15.5. The lowest BCUT2D eigenvalue weighted by molar-refractivity contribution is 0.177. The second kappa shape index (κ2) is 6.29. The predicted molar refractivity (Wildman–Crippen MR) is 83.4 cm³/mol. The Labute approximate surface area is 133 Å². The van der Waals surface area contributed by atoms with Crippen LogP contribution in [0.1, 0.15) is 30.5 Å². The minimum Gasteiger partial charge on any atom is -0.348 e. The molecule has 0 spiro atoms. The van der Waals surface area contributed by atoms with Crippen molar-refractivity contribution in [3.05, 3.63) is 48.6 Å². The summed E-state index contributed by atoms with van der Waals surface area (Å²) in [4.78, 5) is 18.5. The number of H-pyrrole nitrogens is 1. The Morgan fingerprint density at radius 1 is 1.35 bits per heavy atom. The maximum atomic E-state index is 5.50. The van der Waals surface area contributed by atoms with Crippen molar-refractivity contribution in [2.45, 2.75) is 25.3 Å². The van der Waals surface area contributed by atoms with Crippen molar-refractivity contribution >= 4 is 0 Å². The van der Waals surface area contributed by atoms with Gasteiger partial charge in [0.1, 0.15) is 5.82 Å². The minimum atomic E-state index is 0.275. The molecule has 1 fully saturated rings. The summed E-state index contributed by atoms with van der Waals surface area (Å²) in [5.74, 6) is 2.59. The second-order valence-electron chi connectivity index (χ2n) is 5.81. The first-order valence-electron chi connectivity index (χ1n) is 7.83. The van der Waals surface area contributed by atoms with Gasteiger partial charge in [0, 0.05) is 36.9 Å². The summed E-state index contributed by atoms with van der Waals surface area (Å²) in [6.45, 7) is 2.81. The van der Waals surface area contributed by atoms with E-state index in [1.807, 2.05) is 18.3 Å². The number of nitrogens with zero attached hydrogens (tertiary/aromatic N) is 5. The molecule has 0 radical (unpaired) electrons. The number of aromatic amines is 1. The molecule has 3 aromatic rings.